The van der Waals surface area contributed by atoms with Crippen LogP contribution in [0.25, 0.3) is 12.2 Å². The Bertz CT molecular complexity index is 1430. The zero-order valence-corrected chi connectivity index (χ0v) is 19.0. The van der Waals surface area contributed by atoms with E-state index in [9.17, 15) is 9.18 Å². The monoisotopic (exact) mass is 473 g/mol. The molecule has 1 amide bonds. The zero-order chi connectivity index (χ0) is 23.7. The van der Waals surface area contributed by atoms with Crippen molar-refractivity contribution in [3.63, 3.8) is 0 Å². The van der Waals surface area contributed by atoms with E-state index in [1.807, 2.05) is 24.5 Å². The van der Waals surface area contributed by atoms with E-state index in [2.05, 4.69) is 30.9 Å². The van der Waals surface area contributed by atoms with Crippen molar-refractivity contribution in [3.8, 4) is 6.07 Å². The van der Waals surface area contributed by atoms with E-state index < -0.39 is 5.95 Å². The number of imidazole rings is 1. The third-order valence-electron chi connectivity index (χ3n) is 5.72. The quantitative estimate of drug-likeness (QED) is 0.397. The van der Waals surface area contributed by atoms with Crippen LogP contribution in [-0.2, 0) is 6.54 Å². The highest BCUT2D eigenvalue weighted by molar-refractivity contribution is 7.14. The van der Waals surface area contributed by atoms with Crippen molar-refractivity contribution in [1.82, 2.24) is 24.1 Å². The van der Waals surface area contributed by atoms with Crippen molar-refractivity contribution in [2.75, 3.05) is 5.32 Å². The highest BCUT2D eigenvalue weighted by Crippen LogP contribution is 2.43. The van der Waals surface area contributed by atoms with Gasteiger partial charge in [-0.05, 0) is 55.3 Å². The van der Waals surface area contributed by atoms with Crippen molar-refractivity contribution in [2.24, 2.45) is 5.92 Å². The summed E-state index contributed by atoms with van der Waals surface area (Å²) in [4.78, 5) is 25.3. The highest BCUT2D eigenvalue weighted by atomic mass is 32.1. The second kappa shape index (κ2) is 9.03. The third kappa shape index (κ3) is 4.51. The molecule has 2 atom stereocenters. The fourth-order valence-electron chi connectivity index (χ4n) is 3.80. The molecule has 0 bridgehead atoms. The minimum atomic E-state index is -0.556. The Kier molecular flexibility index (Phi) is 5.77. The number of hydrogen-bond donors (Lipinski definition) is 1. The average molecular weight is 474 g/mol. The normalized spacial score (nSPS) is 17.1. The summed E-state index contributed by atoms with van der Waals surface area (Å²) in [7, 11) is 0. The number of carbonyl (C=O) groups excluding carboxylic acids is 1. The van der Waals surface area contributed by atoms with Gasteiger partial charge in [-0.1, -0.05) is 0 Å². The number of halogens is 1. The molecule has 0 radical (unpaired) electrons. The molecule has 170 valence electrons. The molecule has 1 aliphatic carbocycles. The van der Waals surface area contributed by atoms with Crippen LogP contribution >= 0.6 is 11.3 Å². The molecular formula is C24H20FN7OS. The fourth-order valence-corrected chi connectivity index (χ4v) is 4.48. The summed E-state index contributed by atoms with van der Waals surface area (Å²) in [5, 5.41) is 14.2. The van der Waals surface area contributed by atoms with Gasteiger partial charge in [0.25, 0.3) is 5.91 Å². The molecule has 1 fully saturated rings. The van der Waals surface area contributed by atoms with Gasteiger partial charge in [0.05, 0.1) is 35.7 Å². The van der Waals surface area contributed by atoms with Crippen LogP contribution < -0.4 is 5.32 Å². The van der Waals surface area contributed by atoms with Crippen molar-refractivity contribution in [1.29, 1.82) is 5.26 Å². The maximum absolute atomic E-state index is 13.4. The molecule has 4 aromatic heterocycles. The second-order valence-corrected chi connectivity index (χ2v) is 8.89. The van der Waals surface area contributed by atoms with Gasteiger partial charge in [-0.3, -0.25) is 10.1 Å². The van der Waals surface area contributed by atoms with Crippen LogP contribution in [0.1, 0.15) is 45.6 Å². The van der Waals surface area contributed by atoms with Gasteiger partial charge in [0.2, 0.25) is 5.95 Å². The van der Waals surface area contributed by atoms with Crippen molar-refractivity contribution < 1.29 is 9.18 Å². The lowest BCUT2D eigenvalue weighted by atomic mass is 10.2. The Morgan fingerprint density at radius 3 is 3.06 bits per heavy atom. The van der Waals surface area contributed by atoms with E-state index in [1.165, 1.54) is 23.6 Å². The van der Waals surface area contributed by atoms with Crippen LogP contribution in [0.5, 0.6) is 0 Å². The summed E-state index contributed by atoms with van der Waals surface area (Å²) < 4.78 is 17.2. The van der Waals surface area contributed by atoms with Gasteiger partial charge in [0, 0.05) is 30.0 Å². The predicted molar refractivity (Wildman–Crippen MR) is 126 cm³/mol. The average Bonchev–Trinajstić information content (AvgIpc) is 3.11. The van der Waals surface area contributed by atoms with E-state index in [1.54, 1.807) is 35.3 Å². The van der Waals surface area contributed by atoms with Gasteiger partial charge in [-0.2, -0.15) is 9.65 Å². The Hall–Kier alpha value is -4.10. The van der Waals surface area contributed by atoms with Crippen LogP contribution in [0.4, 0.5) is 9.52 Å². The van der Waals surface area contributed by atoms with E-state index >= 15 is 0 Å². The number of nitriles is 1. The summed E-state index contributed by atoms with van der Waals surface area (Å²) in [6.07, 6.45) is 9.55. The lowest BCUT2D eigenvalue weighted by Crippen LogP contribution is -2.17. The van der Waals surface area contributed by atoms with Crippen molar-refractivity contribution in [2.45, 2.75) is 25.9 Å². The molecule has 4 aromatic rings. The zero-order valence-electron chi connectivity index (χ0n) is 18.2. The van der Waals surface area contributed by atoms with Crippen LogP contribution in [0.2, 0.25) is 0 Å². The van der Waals surface area contributed by atoms with Gasteiger partial charge in [-0.25, -0.2) is 15.0 Å². The van der Waals surface area contributed by atoms with Crippen LogP contribution in [-0.4, -0.2) is 30.0 Å². The first-order valence-electron chi connectivity index (χ1n) is 10.7. The van der Waals surface area contributed by atoms with E-state index in [0.29, 0.717) is 28.6 Å². The number of rotatable bonds is 7. The number of anilines is 1. The molecule has 0 aliphatic heterocycles. The lowest BCUT2D eigenvalue weighted by molar-refractivity contribution is 0.101. The minimum Gasteiger partial charge on any atom is -0.339 e. The summed E-state index contributed by atoms with van der Waals surface area (Å²) in [5.74, 6) is -0.781. The van der Waals surface area contributed by atoms with E-state index in [-0.39, 0.29) is 17.9 Å². The lowest BCUT2D eigenvalue weighted by Gasteiger charge is -2.09. The van der Waals surface area contributed by atoms with Gasteiger partial charge in [0.1, 0.15) is 5.69 Å². The number of aromatic nitrogens is 5. The van der Waals surface area contributed by atoms with Crippen LogP contribution in [0.15, 0.2) is 48.4 Å². The Balaban J connectivity index is 1.24. The molecule has 10 heteroatoms. The number of thiazole rings is 1. The molecule has 0 aromatic carbocycles. The minimum absolute atomic E-state index is 0.0708. The Morgan fingerprint density at radius 2 is 2.26 bits per heavy atom. The van der Waals surface area contributed by atoms with Gasteiger partial charge < -0.3 is 9.13 Å². The maximum atomic E-state index is 13.4. The molecule has 0 saturated heterocycles. The molecule has 4 heterocycles. The van der Waals surface area contributed by atoms with Gasteiger partial charge >= 0.3 is 0 Å². The summed E-state index contributed by atoms with van der Waals surface area (Å²) >= 11 is 1.33. The highest BCUT2D eigenvalue weighted by Gasteiger charge is 2.39. The molecule has 34 heavy (non-hydrogen) atoms. The molecule has 2 unspecified atom stereocenters. The summed E-state index contributed by atoms with van der Waals surface area (Å²) in [6, 6.07) is 9.05. The number of nitrogens with one attached hydrogen (secondary N) is 1. The smallest absolute Gasteiger partial charge is 0.274 e. The number of nitrogens with zero attached hydrogens (tertiary/aromatic N) is 6. The molecule has 8 nitrogen and oxygen atoms in total. The van der Waals surface area contributed by atoms with Crippen LogP contribution in [0.3, 0.4) is 0 Å². The maximum Gasteiger partial charge on any atom is 0.274 e. The van der Waals surface area contributed by atoms with Crippen LogP contribution in [0, 0.1) is 30.1 Å². The predicted octanol–water partition coefficient (Wildman–Crippen LogP) is 4.54. The second-order valence-electron chi connectivity index (χ2n) is 8.03. The number of amides is 1. The Labute approximate surface area is 199 Å². The summed E-state index contributed by atoms with van der Waals surface area (Å²) in [6.45, 7) is 2.34. The van der Waals surface area contributed by atoms with E-state index in [4.69, 9.17) is 5.26 Å². The molecule has 0 spiro atoms. The molecule has 1 saturated carbocycles. The third-order valence-corrected chi connectivity index (χ3v) is 6.50. The molecule has 5 rings (SSSR count). The van der Waals surface area contributed by atoms with Crippen molar-refractivity contribution >= 4 is 34.5 Å². The Morgan fingerprint density at radius 1 is 1.38 bits per heavy atom. The number of hydrogen-bond acceptors (Lipinski definition) is 6. The molecule has 1 aliphatic rings. The van der Waals surface area contributed by atoms with Crippen molar-refractivity contribution in [3.05, 3.63) is 82.7 Å². The first kappa shape index (κ1) is 21.7. The first-order chi connectivity index (χ1) is 16.5. The SMILES string of the molecule is Cc1c(/C=C/c2csc(NC(=O)c3cccn3Cc3ccnc(F)c3)n2)ncn1C1CC1C#N. The van der Waals surface area contributed by atoms with Gasteiger partial charge in [0.15, 0.2) is 5.13 Å². The molecular weight excluding hydrogens is 453 g/mol. The fraction of sp³-hybridized carbons (Fsp3) is 0.208. The van der Waals surface area contributed by atoms with Gasteiger partial charge in [-0.15, -0.1) is 11.3 Å². The number of pyridine rings is 1. The molecule has 1 N–H and O–H groups in total. The first-order valence-corrected chi connectivity index (χ1v) is 11.5. The largest absolute Gasteiger partial charge is 0.339 e. The summed E-state index contributed by atoms with van der Waals surface area (Å²) in [5.41, 5.74) is 3.70. The topological polar surface area (TPSA) is 101 Å². The standard InChI is InChI=1S/C24H20FN7OS/c1-15-19(28-14-32(15)21-10-17(21)11-26)5-4-18-13-34-24(29-18)30-23(33)20-3-2-8-31(20)12-16-6-7-27-22(25)9-16/h2-9,13-14,17,21H,10,12H2,1H3,(H,29,30,33)/b5-4+. The van der Waals surface area contributed by atoms with E-state index in [0.717, 1.165) is 17.8 Å². The number of carbonyl (C=O) groups is 1.